The second-order valence-electron chi connectivity index (χ2n) is 13.9. The first kappa shape index (κ1) is 43.5. The number of carboxylic acid groups (broad SMARTS) is 8. The van der Waals surface area contributed by atoms with Crippen molar-refractivity contribution >= 4 is 92.1 Å². The zero-order valence-corrected chi connectivity index (χ0v) is 31.5. The monoisotopic (exact) mass is 830 g/mol. The third kappa shape index (κ3) is 10.4. The summed E-state index contributed by atoms with van der Waals surface area (Å²) >= 11 is 0. The minimum absolute atomic E-state index is 0.00101. The number of fused-ring (bicyclic) bond motifs is 8. The molecule has 60 heavy (non-hydrogen) atoms. The highest BCUT2D eigenvalue weighted by atomic mass is 16.4. The van der Waals surface area contributed by atoms with Crippen molar-refractivity contribution in [2.75, 3.05) is 0 Å². The Labute approximate surface area is 337 Å². The van der Waals surface area contributed by atoms with Crippen molar-refractivity contribution in [3.63, 3.8) is 0 Å². The first-order valence-electron chi connectivity index (χ1n) is 18.3. The summed E-state index contributed by atoms with van der Waals surface area (Å²) in [6.45, 7) is 0. The molecule has 8 bridgehead atoms. The number of carbonyl (C=O) groups is 8. The molecule has 314 valence electrons. The molecule has 0 unspecified atom stereocenters. The number of rotatable bonds is 20. The summed E-state index contributed by atoms with van der Waals surface area (Å²) in [4.78, 5) is 112. The molecular formula is C40H38N4O16. The van der Waals surface area contributed by atoms with Gasteiger partial charge < -0.3 is 50.8 Å². The molecule has 0 amide bonds. The van der Waals surface area contributed by atoms with E-state index in [2.05, 4.69) is 19.9 Å². The smallest absolute Gasteiger partial charge is 0.307 e. The molecule has 2 aliphatic heterocycles. The van der Waals surface area contributed by atoms with Gasteiger partial charge in [0.2, 0.25) is 0 Å². The lowest BCUT2D eigenvalue weighted by Gasteiger charge is -2.06. The number of aliphatic carboxylic acids is 8. The van der Waals surface area contributed by atoms with Crippen molar-refractivity contribution in [3.05, 3.63) is 69.3 Å². The molecule has 10 N–H and O–H groups in total. The minimum Gasteiger partial charge on any atom is -0.481 e. The Balaban J connectivity index is 2.09. The van der Waals surface area contributed by atoms with Crippen LogP contribution in [0.15, 0.2) is 24.3 Å². The summed E-state index contributed by atoms with van der Waals surface area (Å²) in [7, 11) is 0. The van der Waals surface area contributed by atoms with E-state index in [1.54, 1.807) is 0 Å². The predicted octanol–water partition coefficient (Wildman–Crippen LogP) is 4.10. The average molecular weight is 831 g/mol. The highest BCUT2D eigenvalue weighted by molar-refractivity contribution is 6.02. The lowest BCUT2D eigenvalue weighted by Crippen LogP contribution is -2.04. The van der Waals surface area contributed by atoms with E-state index in [1.165, 1.54) is 24.3 Å². The summed E-state index contributed by atoms with van der Waals surface area (Å²) in [5.74, 6) is -10.3. The average Bonchev–Trinajstić information content (AvgIpc) is 3.81. The Kier molecular flexibility index (Phi) is 13.3. The third-order valence-electron chi connectivity index (χ3n) is 9.81. The van der Waals surface area contributed by atoms with Crippen LogP contribution >= 0.6 is 0 Å². The number of hydrogen-bond donors (Lipinski definition) is 10. The quantitative estimate of drug-likeness (QED) is 0.0766. The number of H-pyrrole nitrogens is 2. The zero-order valence-electron chi connectivity index (χ0n) is 31.5. The van der Waals surface area contributed by atoms with Crippen LogP contribution in [0.1, 0.15) is 96.4 Å². The fourth-order valence-corrected chi connectivity index (χ4v) is 7.37. The summed E-state index contributed by atoms with van der Waals surface area (Å²) in [5, 5.41) is 78.6. The number of nitrogens with one attached hydrogen (secondary N) is 2. The number of aryl methyl sites for hydroxylation is 2. The first-order chi connectivity index (χ1) is 28.3. The van der Waals surface area contributed by atoms with Crippen LogP contribution in [0.3, 0.4) is 0 Å². The van der Waals surface area contributed by atoms with Crippen LogP contribution in [0.2, 0.25) is 0 Å². The van der Waals surface area contributed by atoms with Gasteiger partial charge in [0.25, 0.3) is 0 Å². The topological polar surface area (TPSA) is 356 Å². The van der Waals surface area contributed by atoms with Gasteiger partial charge in [-0.15, -0.1) is 0 Å². The fourth-order valence-electron chi connectivity index (χ4n) is 7.37. The normalized spacial score (nSPS) is 12.4. The van der Waals surface area contributed by atoms with Crippen LogP contribution in [0, 0.1) is 0 Å². The molecule has 2 aliphatic rings. The van der Waals surface area contributed by atoms with Gasteiger partial charge in [0.1, 0.15) is 0 Å². The molecule has 0 fully saturated rings. The van der Waals surface area contributed by atoms with Crippen molar-refractivity contribution in [2.24, 2.45) is 0 Å². The maximum Gasteiger partial charge on any atom is 0.307 e. The lowest BCUT2D eigenvalue weighted by atomic mass is 9.96. The van der Waals surface area contributed by atoms with Crippen molar-refractivity contribution < 1.29 is 79.2 Å². The van der Waals surface area contributed by atoms with Crippen molar-refractivity contribution in [2.45, 2.75) is 77.0 Å². The van der Waals surface area contributed by atoms with E-state index in [9.17, 15) is 79.2 Å². The number of hydrogen-bond acceptors (Lipinski definition) is 10. The van der Waals surface area contributed by atoms with Gasteiger partial charge in [0, 0.05) is 47.8 Å². The van der Waals surface area contributed by atoms with E-state index < -0.39 is 99.1 Å². The number of aromatic nitrogens is 4. The number of carboxylic acids is 8. The molecule has 0 aromatic carbocycles. The molecular weight excluding hydrogens is 792 g/mol. The van der Waals surface area contributed by atoms with Crippen molar-refractivity contribution in [1.82, 2.24) is 19.9 Å². The Bertz CT molecular complexity index is 2590. The fraction of sp³-hybridized carbons (Fsp3) is 0.300. The lowest BCUT2D eigenvalue weighted by molar-refractivity contribution is -0.138. The molecule has 5 rings (SSSR count). The van der Waals surface area contributed by atoms with Gasteiger partial charge in [-0.1, -0.05) is 0 Å². The van der Waals surface area contributed by atoms with E-state index in [4.69, 9.17) is 0 Å². The van der Waals surface area contributed by atoms with Crippen LogP contribution in [0.5, 0.6) is 0 Å². The molecule has 0 saturated heterocycles. The molecule has 3 aromatic heterocycles. The van der Waals surface area contributed by atoms with Gasteiger partial charge >= 0.3 is 47.8 Å². The highest BCUT2D eigenvalue weighted by Crippen LogP contribution is 2.40. The third-order valence-corrected chi connectivity index (χ3v) is 9.81. The summed E-state index contributed by atoms with van der Waals surface area (Å²) in [6.07, 6.45) is -5.73. The van der Waals surface area contributed by atoms with Gasteiger partial charge in [-0.25, -0.2) is 9.97 Å². The number of nitrogens with zero attached hydrogens (tertiary/aromatic N) is 2. The van der Waals surface area contributed by atoms with Crippen LogP contribution in [0.25, 0.3) is 44.4 Å². The molecule has 5 heterocycles. The molecule has 0 atom stereocenters. The van der Waals surface area contributed by atoms with E-state index in [1.807, 2.05) is 0 Å². The maximum absolute atomic E-state index is 12.3. The Hall–Kier alpha value is -7.64. The summed E-state index contributed by atoms with van der Waals surface area (Å²) in [5.41, 5.74) is 1.10. The SMILES string of the molecule is O=C(O)CCC1=C(CC(=O)O)c2cc3[nH]c(cc4nc(cc5[nH]c(cc1n2)c(CCC(=O)O)c5CC(=O)O)C(CCC(=O)O)=C4CC(=O)O)c(CC(=O)O)c3CCC(=O)O. The minimum atomic E-state index is -1.35. The van der Waals surface area contributed by atoms with E-state index >= 15 is 0 Å². The Morgan fingerprint density at radius 2 is 0.617 bits per heavy atom. The largest absolute Gasteiger partial charge is 0.481 e. The van der Waals surface area contributed by atoms with Crippen LogP contribution in [-0.2, 0) is 64.0 Å². The Morgan fingerprint density at radius 1 is 0.350 bits per heavy atom. The summed E-state index contributed by atoms with van der Waals surface area (Å²) in [6, 6.07) is 5.39. The van der Waals surface area contributed by atoms with Crippen molar-refractivity contribution in [1.29, 1.82) is 0 Å². The van der Waals surface area contributed by atoms with Gasteiger partial charge in [0.05, 0.1) is 48.5 Å². The van der Waals surface area contributed by atoms with Gasteiger partial charge in [-0.05, 0) is 94.5 Å². The molecule has 0 radical (unpaired) electrons. The highest BCUT2D eigenvalue weighted by Gasteiger charge is 2.27. The molecule has 3 aromatic rings. The second-order valence-corrected chi connectivity index (χ2v) is 13.9. The number of allylic oxidation sites excluding steroid dienone is 2. The van der Waals surface area contributed by atoms with Crippen LogP contribution in [0.4, 0.5) is 0 Å². The summed E-state index contributed by atoms with van der Waals surface area (Å²) < 4.78 is 0. The molecule has 0 saturated carbocycles. The van der Waals surface area contributed by atoms with Crippen LogP contribution < -0.4 is 0 Å². The van der Waals surface area contributed by atoms with Gasteiger partial charge in [-0.3, -0.25) is 38.4 Å². The standard InChI is InChI=1S/C40H38N4O16/c45-33(46)5-1-17-21(9-37(53)54)29-14-27-19(3-7-35(49)50)23(11-39(57)58)31(43-27)16-32-24(12-40(59)60)20(4-8-36(51)52)28(44-32)15-30-22(10-38(55)56)18(2-6-34(47)48)26(42-30)13-25(17)41-29/h13-16,41,44H,1-12H2,(H,45,46)(H,47,48)(H,49,50)(H,51,52)(H,53,54)(H,55,56)(H,57,58)(H,59,60). The maximum atomic E-state index is 12.3. The van der Waals surface area contributed by atoms with Gasteiger partial charge in [-0.2, -0.15) is 0 Å². The first-order valence-corrected chi connectivity index (χ1v) is 18.3. The van der Waals surface area contributed by atoms with E-state index in [0.717, 1.165) is 0 Å². The van der Waals surface area contributed by atoms with Crippen LogP contribution in [-0.4, -0.2) is 109 Å². The molecule has 20 nitrogen and oxygen atoms in total. The van der Waals surface area contributed by atoms with E-state index in [-0.39, 0.29) is 115 Å². The second kappa shape index (κ2) is 18.3. The molecule has 0 aliphatic carbocycles. The van der Waals surface area contributed by atoms with Gasteiger partial charge in [0.15, 0.2) is 0 Å². The zero-order chi connectivity index (χ0) is 44.0. The van der Waals surface area contributed by atoms with Crippen molar-refractivity contribution in [3.8, 4) is 0 Å². The molecule has 0 spiro atoms. The molecule has 20 heteroatoms. The predicted molar refractivity (Wildman–Crippen MR) is 207 cm³/mol. The van der Waals surface area contributed by atoms with E-state index in [0.29, 0.717) is 0 Å². The Morgan fingerprint density at radius 3 is 0.900 bits per heavy atom. The number of aromatic amines is 2.